The van der Waals surface area contributed by atoms with Crippen molar-refractivity contribution in [3.63, 3.8) is 0 Å². The van der Waals surface area contributed by atoms with E-state index in [1.54, 1.807) is 74.4 Å². The fourth-order valence-electron chi connectivity index (χ4n) is 4.65. The number of ether oxygens (including phenoxy) is 2. The van der Waals surface area contributed by atoms with E-state index in [1.165, 1.54) is 4.57 Å². The average Bonchev–Trinajstić information content (AvgIpc) is 3.19. The quantitative estimate of drug-likeness (QED) is 0.386. The van der Waals surface area contributed by atoms with Gasteiger partial charge in [-0.1, -0.05) is 18.2 Å². The van der Waals surface area contributed by atoms with Crippen LogP contribution in [0.5, 0.6) is 11.5 Å². The number of nitrogens with one attached hydrogen (secondary N) is 1. The summed E-state index contributed by atoms with van der Waals surface area (Å²) < 4.78 is 14.8. The Hall–Kier alpha value is -4.79. The van der Waals surface area contributed by atoms with Crippen LogP contribution in [0.4, 0.5) is 5.69 Å². The van der Waals surface area contributed by atoms with Crippen molar-refractivity contribution >= 4 is 33.5 Å². The van der Waals surface area contributed by atoms with Gasteiger partial charge in [0.25, 0.3) is 5.56 Å². The van der Waals surface area contributed by atoms with E-state index < -0.39 is 17.2 Å². The predicted molar refractivity (Wildman–Crippen MR) is 143 cm³/mol. The van der Waals surface area contributed by atoms with Gasteiger partial charge in [-0.15, -0.1) is 0 Å². The molecule has 37 heavy (non-hydrogen) atoms. The summed E-state index contributed by atoms with van der Waals surface area (Å²) in [5.41, 5.74) is 2.14. The lowest BCUT2D eigenvalue weighted by Gasteiger charge is -2.15. The Morgan fingerprint density at radius 3 is 2.24 bits per heavy atom. The largest absolute Gasteiger partial charge is 0.497 e. The highest BCUT2D eigenvalue weighted by Crippen LogP contribution is 2.29. The third kappa shape index (κ3) is 4.04. The molecular weight excluding hydrogens is 472 g/mol. The Morgan fingerprint density at radius 2 is 1.57 bits per heavy atom. The van der Waals surface area contributed by atoms with Gasteiger partial charge in [0.15, 0.2) is 0 Å². The summed E-state index contributed by atoms with van der Waals surface area (Å²) in [6.45, 7) is 1.53. The number of nitrogens with zero attached hydrogens (tertiary/aromatic N) is 3. The van der Waals surface area contributed by atoms with Crippen LogP contribution in [0.25, 0.3) is 27.6 Å². The van der Waals surface area contributed by atoms with Crippen LogP contribution >= 0.6 is 0 Å². The lowest BCUT2D eigenvalue weighted by atomic mass is 10.2. The predicted octanol–water partition coefficient (Wildman–Crippen LogP) is 3.61. The van der Waals surface area contributed by atoms with Gasteiger partial charge in [-0.25, -0.2) is 9.36 Å². The number of amides is 1. The summed E-state index contributed by atoms with van der Waals surface area (Å²) in [7, 11) is 4.88. The molecule has 0 spiro atoms. The maximum Gasteiger partial charge on any atom is 0.336 e. The fraction of sp³-hybridized carbons (Fsp3) is 0.179. The second-order valence-electron chi connectivity index (χ2n) is 8.71. The van der Waals surface area contributed by atoms with Crippen LogP contribution in [-0.4, -0.2) is 33.8 Å². The van der Waals surface area contributed by atoms with Crippen molar-refractivity contribution in [3.8, 4) is 17.2 Å². The number of rotatable bonds is 6. The smallest absolute Gasteiger partial charge is 0.336 e. The van der Waals surface area contributed by atoms with Crippen LogP contribution in [0.15, 0.2) is 76.3 Å². The van der Waals surface area contributed by atoms with E-state index in [0.717, 1.165) is 15.6 Å². The molecule has 0 saturated heterocycles. The monoisotopic (exact) mass is 498 g/mol. The van der Waals surface area contributed by atoms with E-state index in [2.05, 4.69) is 5.32 Å². The van der Waals surface area contributed by atoms with E-state index in [-0.39, 0.29) is 6.54 Å². The molecule has 3 aromatic carbocycles. The van der Waals surface area contributed by atoms with Crippen molar-refractivity contribution in [2.45, 2.75) is 13.5 Å². The SMILES string of the molecule is COc1ccc(NC(=O)Cn2c(=O)n(-c3ccccc3C)c(=O)c3c2c2cc(OC)ccc2n3C)cc1. The number of carbonyl (C=O) groups excluding carboxylic acids is 1. The average molecular weight is 499 g/mol. The van der Waals surface area contributed by atoms with Gasteiger partial charge in [0, 0.05) is 18.1 Å². The molecule has 5 aromatic rings. The minimum Gasteiger partial charge on any atom is -0.497 e. The molecule has 5 rings (SSSR count). The summed E-state index contributed by atoms with van der Waals surface area (Å²) in [4.78, 5) is 40.9. The molecule has 188 valence electrons. The molecule has 0 saturated carbocycles. The summed E-state index contributed by atoms with van der Waals surface area (Å²) in [6.07, 6.45) is 0. The fourth-order valence-corrected chi connectivity index (χ4v) is 4.65. The number of carbonyl (C=O) groups is 1. The van der Waals surface area contributed by atoms with Gasteiger partial charge in [-0.05, 0) is 61.0 Å². The van der Waals surface area contributed by atoms with Gasteiger partial charge in [-0.3, -0.25) is 14.2 Å². The molecular formula is C28H26N4O5. The lowest BCUT2D eigenvalue weighted by molar-refractivity contribution is -0.116. The van der Waals surface area contributed by atoms with Gasteiger partial charge in [-0.2, -0.15) is 0 Å². The van der Waals surface area contributed by atoms with E-state index in [0.29, 0.717) is 39.3 Å². The molecule has 9 nitrogen and oxygen atoms in total. The summed E-state index contributed by atoms with van der Waals surface area (Å²) >= 11 is 0. The molecule has 0 radical (unpaired) electrons. The Balaban J connectivity index is 1.76. The third-order valence-electron chi connectivity index (χ3n) is 6.51. The summed E-state index contributed by atoms with van der Waals surface area (Å²) in [6, 6.07) is 19.4. The van der Waals surface area contributed by atoms with Gasteiger partial charge < -0.3 is 19.4 Å². The summed E-state index contributed by atoms with van der Waals surface area (Å²) in [5, 5.41) is 3.46. The Bertz CT molecular complexity index is 1780. The Morgan fingerprint density at radius 1 is 0.892 bits per heavy atom. The molecule has 0 unspecified atom stereocenters. The molecule has 0 aliphatic carbocycles. The van der Waals surface area contributed by atoms with Gasteiger partial charge in [0.2, 0.25) is 5.91 Å². The first-order valence-corrected chi connectivity index (χ1v) is 11.7. The molecule has 0 atom stereocenters. The number of hydrogen-bond acceptors (Lipinski definition) is 5. The first kappa shape index (κ1) is 23.9. The zero-order valence-corrected chi connectivity index (χ0v) is 20.9. The second kappa shape index (κ2) is 9.34. The van der Waals surface area contributed by atoms with Gasteiger partial charge in [0.1, 0.15) is 23.6 Å². The molecule has 2 aromatic heterocycles. The summed E-state index contributed by atoms with van der Waals surface area (Å²) in [5.74, 6) is 0.819. The van der Waals surface area contributed by atoms with Crippen LogP contribution in [0, 0.1) is 6.92 Å². The first-order chi connectivity index (χ1) is 17.8. The van der Waals surface area contributed by atoms with Gasteiger partial charge in [0.05, 0.1) is 30.9 Å². The van der Waals surface area contributed by atoms with E-state index in [9.17, 15) is 14.4 Å². The number of methoxy groups -OCH3 is 2. The normalized spacial score (nSPS) is 11.1. The van der Waals surface area contributed by atoms with Crippen LogP contribution in [-0.2, 0) is 18.4 Å². The number of fused-ring (bicyclic) bond motifs is 3. The molecule has 1 N–H and O–H groups in total. The van der Waals surface area contributed by atoms with Gasteiger partial charge >= 0.3 is 5.69 Å². The number of hydrogen-bond donors (Lipinski definition) is 1. The topological polar surface area (TPSA) is 96.5 Å². The van der Waals surface area contributed by atoms with Crippen molar-refractivity contribution in [3.05, 3.63) is 93.1 Å². The van der Waals surface area contributed by atoms with Crippen LogP contribution in [0.2, 0.25) is 0 Å². The first-order valence-electron chi connectivity index (χ1n) is 11.7. The number of benzene rings is 3. The maximum absolute atomic E-state index is 13.9. The number of aromatic nitrogens is 3. The second-order valence-corrected chi connectivity index (χ2v) is 8.71. The molecule has 9 heteroatoms. The van der Waals surface area contributed by atoms with Crippen LogP contribution in [0.1, 0.15) is 5.56 Å². The van der Waals surface area contributed by atoms with Crippen LogP contribution < -0.4 is 26.0 Å². The maximum atomic E-state index is 13.9. The van der Waals surface area contributed by atoms with Crippen molar-refractivity contribution < 1.29 is 14.3 Å². The highest BCUT2D eigenvalue weighted by Gasteiger charge is 2.23. The third-order valence-corrected chi connectivity index (χ3v) is 6.51. The molecule has 0 fully saturated rings. The molecule has 0 bridgehead atoms. The number of aryl methyl sites for hydroxylation is 2. The number of para-hydroxylation sites is 1. The minimum absolute atomic E-state index is 0.302. The van der Waals surface area contributed by atoms with Crippen molar-refractivity contribution in [2.24, 2.45) is 7.05 Å². The highest BCUT2D eigenvalue weighted by molar-refractivity contribution is 6.07. The molecule has 2 heterocycles. The lowest BCUT2D eigenvalue weighted by Crippen LogP contribution is -2.41. The van der Waals surface area contributed by atoms with Crippen molar-refractivity contribution in [1.29, 1.82) is 0 Å². The highest BCUT2D eigenvalue weighted by atomic mass is 16.5. The van der Waals surface area contributed by atoms with Crippen molar-refractivity contribution in [1.82, 2.24) is 13.7 Å². The molecule has 0 aliphatic rings. The van der Waals surface area contributed by atoms with Crippen LogP contribution in [0.3, 0.4) is 0 Å². The number of anilines is 1. The zero-order chi connectivity index (χ0) is 26.3. The van der Waals surface area contributed by atoms with E-state index >= 15 is 0 Å². The molecule has 1 amide bonds. The Labute approximate surface area is 212 Å². The van der Waals surface area contributed by atoms with Crippen molar-refractivity contribution in [2.75, 3.05) is 19.5 Å². The van der Waals surface area contributed by atoms with E-state index in [4.69, 9.17) is 9.47 Å². The standard InChI is InChI=1S/C28H26N4O5/c1-17-7-5-6-8-22(17)32-27(34)26-25(21-15-20(37-4)13-14-23(21)30(26)2)31(28(32)35)16-24(33)29-18-9-11-19(36-3)12-10-18/h5-15H,16H2,1-4H3,(H,29,33). The zero-order valence-electron chi connectivity index (χ0n) is 20.9. The minimum atomic E-state index is -0.605. The van der Waals surface area contributed by atoms with E-state index in [1.807, 2.05) is 25.1 Å². The molecule has 0 aliphatic heterocycles. The Kier molecular flexibility index (Phi) is 6.04.